The van der Waals surface area contributed by atoms with E-state index in [1.165, 1.54) is 10.7 Å². The summed E-state index contributed by atoms with van der Waals surface area (Å²) in [7, 11) is 0. The van der Waals surface area contributed by atoms with Gasteiger partial charge in [0.15, 0.2) is 5.82 Å². The number of amides is 1. The minimum Gasteiger partial charge on any atom is -0.326 e. The number of rotatable bonds is 5. The smallest absolute Gasteiger partial charge is 0.224 e. The molecule has 0 aliphatic carbocycles. The molecule has 1 aromatic heterocycles. The predicted molar refractivity (Wildman–Crippen MR) is 96.3 cm³/mol. The lowest BCUT2D eigenvalue weighted by Crippen LogP contribution is -2.32. The first-order valence-corrected chi connectivity index (χ1v) is 8.84. The van der Waals surface area contributed by atoms with E-state index in [1.54, 1.807) is 24.5 Å². The normalized spacial score (nSPS) is 16.6. The molecule has 0 radical (unpaired) electrons. The van der Waals surface area contributed by atoms with Gasteiger partial charge in [-0.25, -0.2) is 9.07 Å². The first-order chi connectivity index (χ1) is 12.0. The van der Waals surface area contributed by atoms with Gasteiger partial charge in [-0.05, 0) is 68.5 Å². The summed E-state index contributed by atoms with van der Waals surface area (Å²) in [6.45, 7) is 6.07. The van der Waals surface area contributed by atoms with Crippen LogP contribution < -0.4 is 10.6 Å². The summed E-state index contributed by atoms with van der Waals surface area (Å²) in [4.78, 5) is 12.3. The summed E-state index contributed by atoms with van der Waals surface area (Å²) in [5, 5.41) is 10.3. The quantitative estimate of drug-likeness (QED) is 0.875. The molecule has 0 spiro atoms. The molecule has 5 nitrogen and oxygen atoms in total. The highest BCUT2D eigenvalue weighted by atomic mass is 19.1. The molecule has 2 aromatic rings. The second kappa shape index (κ2) is 7.78. The number of hydrogen-bond donors (Lipinski definition) is 2. The molecule has 1 unspecified atom stereocenters. The molecule has 134 valence electrons. The Morgan fingerprint density at radius 2 is 2.20 bits per heavy atom. The summed E-state index contributed by atoms with van der Waals surface area (Å²) in [6.07, 6.45) is 6.13. The standard InChI is InChI=1S/C19H25FN4O/c1-13-11-22-24(12-13)18-4-3-16(10-17(18)20)23-19(25)9-14(2)15-5-7-21-8-6-15/h3-4,10-12,14-15,21H,5-9H2,1-2H3,(H,23,25). The van der Waals surface area contributed by atoms with Crippen LogP contribution in [0.5, 0.6) is 0 Å². The van der Waals surface area contributed by atoms with E-state index >= 15 is 0 Å². The van der Waals surface area contributed by atoms with Crippen molar-refractivity contribution in [2.75, 3.05) is 18.4 Å². The van der Waals surface area contributed by atoms with Crippen LogP contribution in [0.3, 0.4) is 0 Å². The zero-order valence-electron chi connectivity index (χ0n) is 14.8. The lowest BCUT2D eigenvalue weighted by atomic mass is 9.84. The summed E-state index contributed by atoms with van der Waals surface area (Å²) in [5.41, 5.74) is 1.81. The van der Waals surface area contributed by atoms with Crippen molar-refractivity contribution in [1.29, 1.82) is 0 Å². The molecule has 1 aliphatic heterocycles. The van der Waals surface area contributed by atoms with E-state index in [4.69, 9.17) is 0 Å². The number of piperidine rings is 1. The molecule has 1 saturated heterocycles. The van der Waals surface area contributed by atoms with Gasteiger partial charge in [-0.3, -0.25) is 4.79 Å². The average Bonchev–Trinajstić information content (AvgIpc) is 3.01. The highest BCUT2D eigenvalue weighted by molar-refractivity contribution is 5.90. The summed E-state index contributed by atoms with van der Waals surface area (Å²) in [5.74, 6) is 0.438. The van der Waals surface area contributed by atoms with Crippen LogP contribution in [-0.2, 0) is 4.79 Å². The van der Waals surface area contributed by atoms with E-state index in [9.17, 15) is 9.18 Å². The van der Waals surface area contributed by atoms with Crippen molar-refractivity contribution >= 4 is 11.6 Å². The van der Waals surface area contributed by atoms with E-state index in [0.717, 1.165) is 31.5 Å². The molecule has 0 bridgehead atoms. The number of aryl methyl sites for hydroxylation is 1. The first-order valence-electron chi connectivity index (χ1n) is 8.84. The number of aromatic nitrogens is 2. The summed E-state index contributed by atoms with van der Waals surface area (Å²) in [6, 6.07) is 4.69. The molecule has 25 heavy (non-hydrogen) atoms. The Bertz CT molecular complexity index is 737. The minimum absolute atomic E-state index is 0.0619. The third-order valence-corrected chi connectivity index (χ3v) is 4.89. The maximum absolute atomic E-state index is 14.3. The maximum atomic E-state index is 14.3. The molecular weight excluding hydrogens is 319 g/mol. The summed E-state index contributed by atoms with van der Waals surface area (Å²) >= 11 is 0. The van der Waals surface area contributed by atoms with E-state index in [0.29, 0.717) is 29.6 Å². The number of benzene rings is 1. The highest BCUT2D eigenvalue weighted by Gasteiger charge is 2.22. The fraction of sp³-hybridized carbons (Fsp3) is 0.474. The van der Waals surface area contributed by atoms with Crippen molar-refractivity contribution < 1.29 is 9.18 Å². The number of nitrogens with one attached hydrogen (secondary N) is 2. The minimum atomic E-state index is -0.410. The van der Waals surface area contributed by atoms with Crippen LogP contribution in [0, 0.1) is 24.6 Å². The SMILES string of the molecule is Cc1cnn(-c2ccc(NC(=O)CC(C)C3CCNCC3)cc2F)c1. The van der Waals surface area contributed by atoms with Crippen LogP contribution in [0.15, 0.2) is 30.6 Å². The van der Waals surface area contributed by atoms with Gasteiger partial charge in [0, 0.05) is 18.3 Å². The molecule has 2 heterocycles. The molecule has 1 atom stereocenters. The Labute approximate surface area is 147 Å². The third-order valence-electron chi connectivity index (χ3n) is 4.89. The lowest BCUT2D eigenvalue weighted by Gasteiger charge is -2.27. The van der Waals surface area contributed by atoms with Gasteiger partial charge in [-0.2, -0.15) is 5.10 Å². The number of hydrogen-bond acceptors (Lipinski definition) is 3. The van der Waals surface area contributed by atoms with Gasteiger partial charge >= 0.3 is 0 Å². The highest BCUT2D eigenvalue weighted by Crippen LogP contribution is 2.25. The zero-order valence-corrected chi connectivity index (χ0v) is 14.8. The van der Waals surface area contributed by atoms with Crippen molar-refractivity contribution in [2.24, 2.45) is 11.8 Å². The van der Waals surface area contributed by atoms with Gasteiger partial charge < -0.3 is 10.6 Å². The van der Waals surface area contributed by atoms with E-state index in [-0.39, 0.29) is 5.91 Å². The topological polar surface area (TPSA) is 59.0 Å². The predicted octanol–water partition coefficient (Wildman–Crippen LogP) is 3.28. The second-order valence-corrected chi connectivity index (χ2v) is 6.95. The Morgan fingerprint density at radius 1 is 1.44 bits per heavy atom. The van der Waals surface area contributed by atoms with Crippen LogP contribution in [-0.4, -0.2) is 28.8 Å². The van der Waals surface area contributed by atoms with E-state index < -0.39 is 5.82 Å². The first kappa shape index (κ1) is 17.6. The number of carbonyl (C=O) groups excluding carboxylic acids is 1. The molecule has 3 rings (SSSR count). The number of carbonyl (C=O) groups is 1. The van der Waals surface area contributed by atoms with Gasteiger partial charge in [0.05, 0.1) is 6.20 Å². The van der Waals surface area contributed by atoms with Gasteiger partial charge in [0.2, 0.25) is 5.91 Å². The zero-order chi connectivity index (χ0) is 17.8. The Morgan fingerprint density at radius 3 is 2.84 bits per heavy atom. The van der Waals surface area contributed by atoms with Crippen molar-refractivity contribution in [2.45, 2.75) is 33.1 Å². The third kappa shape index (κ3) is 4.45. The van der Waals surface area contributed by atoms with Gasteiger partial charge in [-0.15, -0.1) is 0 Å². The number of halogens is 1. The van der Waals surface area contributed by atoms with Crippen LogP contribution in [0.25, 0.3) is 5.69 Å². The Balaban J connectivity index is 1.60. The van der Waals surface area contributed by atoms with Crippen LogP contribution in [0.1, 0.15) is 31.7 Å². The van der Waals surface area contributed by atoms with Crippen LogP contribution >= 0.6 is 0 Å². The van der Waals surface area contributed by atoms with Crippen LogP contribution in [0.4, 0.5) is 10.1 Å². The van der Waals surface area contributed by atoms with E-state index in [2.05, 4.69) is 22.7 Å². The van der Waals surface area contributed by atoms with Crippen molar-refractivity contribution in [3.63, 3.8) is 0 Å². The van der Waals surface area contributed by atoms with E-state index in [1.807, 2.05) is 6.92 Å². The Hall–Kier alpha value is -2.21. The van der Waals surface area contributed by atoms with Crippen molar-refractivity contribution in [3.05, 3.63) is 42.0 Å². The van der Waals surface area contributed by atoms with Gasteiger partial charge in [-0.1, -0.05) is 6.92 Å². The molecule has 6 heteroatoms. The molecular formula is C19H25FN4O. The molecule has 1 aliphatic rings. The second-order valence-electron chi connectivity index (χ2n) is 6.95. The van der Waals surface area contributed by atoms with Crippen LogP contribution in [0.2, 0.25) is 0 Å². The number of anilines is 1. The average molecular weight is 344 g/mol. The molecule has 0 saturated carbocycles. The molecule has 1 amide bonds. The monoisotopic (exact) mass is 344 g/mol. The number of nitrogens with zero attached hydrogens (tertiary/aromatic N) is 2. The largest absolute Gasteiger partial charge is 0.326 e. The van der Waals surface area contributed by atoms with Crippen molar-refractivity contribution in [1.82, 2.24) is 15.1 Å². The molecule has 1 fully saturated rings. The fourth-order valence-corrected chi connectivity index (χ4v) is 3.40. The Kier molecular flexibility index (Phi) is 5.48. The summed E-state index contributed by atoms with van der Waals surface area (Å²) < 4.78 is 15.8. The van der Waals surface area contributed by atoms with Gasteiger partial charge in [0.1, 0.15) is 5.69 Å². The van der Waals surface area contributed by atoms with Gasteiger partial charge in [0.25, 0.3) is 0 Å². The lowest BCUT2D eigenvalue weighted by molar-refractivity contribution is -0.117. The molecule has 2 N–H and O–H groups in total. The molecule has 1 aromatic carbocycles. The fourth-order valence-electron chi connectivity index (χ4n) is 3.40. The van der Waals surface area contributed by atoms with Crippen molar-refractivity contribution in [3.8, 4) is 5.69 Å². The maximum Gasteiger partial charge on any atom is 0.224 e.